The summed E-state index contributed by atoms with van der Waals surface area (Å²) >= 11 is 3.36. The lowest BCUT2D eigenvalue weighted by molar-refractivity contribution is -0.136. The van der Waals surface area contributed by atoms with E-state index in [0.717, 1.165) is 10.5 Å². The van der Waals surface area contributed by atoms with Gasteiger partial charge in [0.25, 0.3) is 0 Å². The molecule has 0 radical (unpaired) electrons. The predicted molar refractivity (Wildman–Crippen MR) is 108 cm³/mol. The monoisotopic (exact) mass is 461 g/mol. The molecule has 4 rings (SSSR count). The van der Waals surface area contributed by atoms with E-state index in [9.17, 15) is 13.2 Å². The Balaban J connectivity index is 2.04. The number of nitrogens with zero attached hydrogens (tertiary/aromatic N) is 3. The molecule has 0 saturated carbocycles. The summed E-state index contributed by atoms with van der Waals surface area (Å²) in [7, 11) is 1.50. The van der Waals surface area contributed by atoms with Crippen LogP contribution in [-0.4, -0.2) is 21.9 Å². The molecule has 4 nitrogen and oxygen atoms in total. The van der Waals surface area contributed by atoms with Crippen LogP contribution < -0.4 is 4.74 Å². The van der Waals surface area contributed by atoms with Crippen molar-refractivity contribution in [2.75, 3.05) is 7.11 Å². The number of ether oxygens (including phenoxy) is 1. The highest BCUT2D eigenvalue weighted by molar-refractivity contribution is 9.10. The third-order valence-electron chi connectivity index (χ3n) is 4.55. The average Bonchev–Trinajstić information content (AvgIpc) is 3.04. The van der Waals surface area contributed by atoms with Gasteiger partial charge < -0.3 is 4.74 Å². The first-order valence-corrected chi connectivity index (χ1v) is 9.45. The van der Waals surface area contributed by atoms with E-state index in [1.54, 1.807) is 55.5 Å². The summed E-state index contributed by atoms with van der Waals surface area (Å²) in [4.78, 5) is 4.55. The van der Waals surface area contributed by atoms with Crippen LogP contribution in [-0.2, 0) is 6.18 Å². The van der Waals surface area contributed by atoms with Gasteiger partial charge in [-0.05, 0) is 49.4 Å². The minimum absolute atomic E-state index is 0.00735. The molecule has 0 aliphatic rings. The maximum atomic E-state index is 13.9. The molecule has 0 fully saturated rings. The Bertz CT molecular complexity index is 1200. The van der Waals surface area contributed by atoms with Gasteiger partial charge in [-0.1, -0.05) is 28.1 Å². The summed E-state index contributed by atoms with van der Waals surface area (Å²) in [6.07, 6.45) is -4.55. The minimum atomic E-state index is -4.55. The smallest absolute Gasteiger partial charge is 0.417 e. The molecule has 0 spiro atoms. The van der Waals surface area contributed by atoms with E-state index >= 15 is 0 Å². The Morgan fingerprint density at radius 2 is 1.76 bits per heavy atom. The number of rotatable bonds is 3. The van der Waals surface area contributed by atoms with Gasteiger partial charge in [0.05, 0.1) is 35.1 Å². The summed E-state index contributed by atoms with van der Waals surface area (Å²) in [6, 6.07) is 15.0. The first-order chi connectivity index (χ1) is 13.8. The molecule has 0 N–H and O–H groups in total. The molecule has 2 aromatic carbocycles. The van der Waals surface area contributed by atoms with Crippen molar-refractivity contribution in [2.45, 2.75) is 13.1 Å². The van der Waals surface area contributed by atoms with Crippen molar-refractivity contribution in [1.82, 2.24) is 14.8 Å². The van der Waals surface area contributed by atoms with Crippen LogP contribution in [0.5, 0.6) is 5.75 Å². The molecule has 2 heterocycles. The lowest BCUT2D eigenvalue weighted by atomic mass is 10.0. The minimum Gasteiger partial charge on any atom is -0.497 e. The van der Waals surface area contributed by atoms with Gasteiger partial charge in [0.15, 0.2) is 5.65 Å². The molecule has 0 bridgehead atoms. The lowest BCUT2D eigenvalue weighted by Gasteiger charge is -2.12. The van der Waals surface area contributed by atoms with Crippen molar-refractivity contribution in [3.63, 3.8) is 0 Å². The highest BCUT2D eigenvalue weighted by Crippen LogP contribution is 2.39. The van der Waals surface area contributed by atoms with Crippen molar-refractivity contribution in [3.05, 3.63) is 70.3 Å². The molecule has 0 aliphatic carbocycles. The standard InChI is InChI=1S/C21H15BrF3N3O/c1-12-19-17(21(23,24)25)11-18(13-4-3-5-16(10-13)29-2)26-20(19)28(27-12)15-8-6-14(22)7-9-15/h3-11H,1-2H3. The van der Waals surface area contributed by atoms with Gasteiger partial charge in [-0.25, -0.2) is 9.67 Å². The van der Waals surface area contributed by atoms with Gasteiger partial charge in [0.2, 0.25) is 0 Å². The topological polar surface area (TPSA) is 39.9 Å². The van der Waals surface area contributed by atoms with Crippen LogP contribution in [0.15, 0.2) is 59.1 Å². The van der Waals surface area contributed by atoms with Crippen LogP contribution >= 0.6 is 15.9 Å². The molecule has 0 atom stereocenters. The molecule has 2 aromatic heterocycles. The number of fused-ring (bicyclic) bond motifs is 1. The molecule has 0 aliphatic heterocycles. The Kier molecular flexibility index (Phi) is 4.82. The zero-order valence-corrected chi connectivity index (χ0v) is 17.0. The number of aryl methyl sites for hydroxylation is 1. The molecular formula is C21H15BrF3N3O. The second kappa shape index (κ2) is 7.18. The quantitative estimate of drug-likeness (QED) is 0.365. The summed E-state index contributed by atoms with van der Waals surface area (Å²) in [5, 5.41) is 4.34. The van der Waals surface area contributed by atoms with Crippen LogP contribution in [0.4, 0.5) is 13.2 Å². The van der Waals surface area contributed by atoms with Crippen molar-refractivity contribution >= 4 is 27.0 Å². The van der Waals surface area contributed by atoms with Crippen molar-refractivity contribution in [1.29, 1.82) is 0 Å². The van der Waals surface area contributed by atoms with Gasteiger partial charge in [0.1, 0.15) is 5.75 Å². The lowest BCUT2D eigenvalue weighted by Crippen LogP contribution is -2.08. The number of benzene rings is 2. The molecule has 0 saturated heterocycles. The SMILES string of the molecule is COc1cccc(-c2cc(C(F)(F)F)c3c(C)nn(-c4ccc(Br)cc4)c3n2)c1. The Morgan fingerprint density at radius 1 is 1.03 bits per heavy atom. The van der Waals surface area contributed by atoms with Crippen molar-refractivity contribution < 1.29 is 17.9 Å². The van der Waals surface area contributed by atoms with E-state index in [1.807, 2.05) is 0 Å². The van der Waals surface area contributed by atoms with Crippen LogP contribution in [0.3, 0.4) is 0 Å². The van der Waals surface area contributed by atoms with Crippen LogP contribution in [0.2, 0.25) is 0 Å². The van der Waals surface area contributed by atoms with Crippen molar-refractivity contribution in [2.24, 2.45) is 0 Å². The van der Waals surface area contributed by atoms with Gasteiger partial charge in [-0.2, -0.15) is 18.3 Å². The zero-order chi connectivity index (χ0) is 20.8. The van der Waals surface area contributed by atoms with Gasteiger partial charge >= 0.3 is 6.18 Å². The number of aromatic nitrogens is 3. The number of pyridine rings is 1. The van der Waals surface area contributed by atoms with Crippen LogP contribution in [0.25, 0.3) is 28.0 Å². The van der Waals surface area contributed by atoms with E-state index in [-0.39, 0.29) is 22.4 Å². The average molecular weight is 462 g/mol. The van der Waals surface area contributed by atoms with Gasteiger partial charge in [-0.3, -0.25) is 0 Å². The second-order valence-electron chi connectivity index (χ2n) is 6.46. The van der Waals surface area contributed by atoms with Crippen molar-refractivity contribution in [3.8, 4) is 22.7 Å². The second-order valence-corrected chi connectivity index (χ2v) is 7.37. The number of alkyl halides is 3. The number of hydrogen-bond acceptors (Lipinski definition) is 3. The van der Waals surface area contributed by atoms with E-state index < -0.39 is 11.7 Å². The van der Waals surface area contributed by atoms with Gasteiger partial charge in [-0.15, -0.1) is 0 Å². The normalized spacial score (nSPS) is 11.8. The molecule has 29 heavy (non-hydrogen) atoms. The largest absolute Gasteiger partial charge is 0.497 e. The number of halogens is 4. The fourth-order valence-corrected chi connectivity index (χ4v) is 3.47. The first kappa shape index (κ1) is 19.4. The molecule has 4 aromatic rings. The van der Waals surface area contributed by atoms with E-state index in [0.29, 0.717) is 17.0 Å². The van der Waals surface area contributed by atoms with Gasteiger partial charge in [0, 0.05) is 10.0 Å². The highest BCUT2D eigenvalue weighted by Gasteiger charge is 2.35. The molecular weight excluding hydrogens is 447 g/mol. The van der Waals surface area contributed by atoms with E-state index in [1.165, 1.54) is 11.8 Å². The maximum Gasteiger partial charge on any atom is 0.417 e. The van der Waals surface area contributed by atoms with E-state index in [2.05, 4.69) is 26.0 Å². The summed E-state index contributed by atoms with van der Waals surface area (Å²) < 4.78 is 49.2. The molecule has 0 amide bonds. The molecule has 148 valence electrons. The fraction of sp³-hybridized carbons (Fsp3) is 0.143. The summed E-state index contributed by atoms with van der Waals surface area (Å²) in [6.45, 7) is 1.56. The Hall–Kier alpha value is -2.87. The highest BCUT2D eigenvalue weighted by atomic mass is 79.9. The molecule has 8 heteroatoms. The van der Waals surface area contributed by atoms with Crippen LogP contribution in [0, 0.1) is 6.92 Å². The number of hydrogen-bond donors (Lipinski definition) is 0. The summed E-state index contributed by atoms with van der Waals surface area (Å²) in [5.41, 5.74) is 0.994. The number of methoxy groups -OCH3 is 1. The van der Waals surface area contributed by atoms with Crippen LogP contribution in [0.1, 0.15) is 11.3 Å². The molecule has 0 unspecified atom stereocenters. The summed E-state index contributed by atoms with van der Waals surface area (Å²) in [5.74, 6) is 0.538. The van der Waals surface area contributed by atoms with E-state index in [4.69, 9.17) is 4.74 Å². The zero-order valence-electron chi connectivity index (χ0n) is 15.5. The fourth-order valence-electron chi connectivity index (χ4n) is 3.21. The third-order valence-corrected chi connectivity index (χ3v) is 5.08. The first-order valence-electron chi connectivity index (χ1n) is 8.66. The predicted octanol–water partition coefficient (Wildman–Crippen LogP) is 6.19. The third kappa shape index (κ3) is 3.60. The maximum absolute atomic E-state index is 13.9. The Morgan fingerprint density at radius 3 is 2.41 bits per heavy atom. The Labute approximate surface area is 173 Å².